The summed E-state index contributed by atoms with van der Waals surface area (Å²) in [6, 6.07) is 8.04. The van der Waals surface area contributed by atoms with Crippen LogP contribution in [0.1, 0.15) is 0 Å². The largest absolute Gasteiger partial charge is 0.497 e. The summed E-state index contributed by atoms with van der Waals surface area (Å²) >= 11 is 0. The Hall–Kier alpha value is -3.21. The van der Waals surface area contributed by atoms with Gasteiger partial charge in [-0.1, -0.05) is 18.2 Å². The van der Waals surface area contributed by atoms with Crippen molar-refractivity contribution < 1.29 is 27.6 Å². The molecule has 0 aromatic heterocycles. The highest BCUT2D eigenvalue weighted by Crippen LogP contribution is 2.40. The Balaban J connectivity index is 2.52. The molecule has 0 bridgehead atoms. The molecule has 11 heteroatoms. The molecule has 0 radical (unpaired) electrons. The van der Waals surface area contributed by atoms with Gasteiger partial charge in [0.05, 0.1) is 22.0 Å². The van der Waals surface area contributed by atoms with E-state index in [1.165, 1.54) is 24.3 Å². The summed E-state index contributed by atoms with van der Waals surface area (Å²) < 4.78 is 28.7. The molecule has 0 amide bonds. The zero-order valence-corrected chi connectivity index (χ0v) is 12.0. The third-order valence-corrected chi connectivity index (χ3v) is 3.94. The van der Waals surface area contributed by atoms with Gasteiger partial charge in [0.2, 0.25) is 0 Å². The minimum Gasteiger partial charge on any atom is -0.497 e. The molecule has 2 aromatic carbocycles. The van der Waals surface area contributed by atoms with Crippen molar-refractivity contribution in [1.82, 2.24) is 0 Å². The lowest BCUT2D eigenvalue weighted by Crippen LogP contribution is -2.10. The van der Waals surface area contributed by atoms with Crippen LogP contribution in [0.25, 0.3) is 0 Å². The summed E-state index contributed by atoms with van der Waals surface area (Å²) in [5.74, 6) is -1.85. The van der Waals surface area contributed by atoms with Crippen molar-refractivity contribution in [2.24, 2.45) is 0 Å². The molecule has 120 valence electrons. The van der Waals surface area contributed by atoms with Gasteiger partial charge in [-0.25, -0.2) is 0 Å². The van der Waals surface area contributed by atoms with Gasteiger partial charge in [-0.05, 0) is 12.1 Å². The third-order valence-electron chi connectivity index (χ3n) is 2.67. The highest BCUT2D eigenvalue weighted by molar-refractivity contribution is 7.87. The van der Waals surface area contributed by atoms with Crippen LogP contribution in [0, 0.1) is 20.2 Å². The second-order valence-corrected chi connectivity index (χ2v) is 5.72. The fourth-order valence-corrected chi connectivity index (χ4v) is 2.60. The van der Waals surface area contributed by atoms with Crippen LogP contribution in [0.3, 0.4) is 0 Å². The van der Waals surface area contributed by atoms with Crippen LogP contribution >= 0.6 is 0 Å². The second-order valence-electron chi connectivity index (χ2n) is 4.17. The van der Waals surface area contributed by atoms with Gasteiger partial charge in [0.25, 0.3) is 5.75 Å². The van der Waals surface area contributed by atoms with E-state index in [-0.39, 0.29) is 4.90 Å². The summed E-state index contributed by atoms with van der Waals surface area (Å²) in [5.41, 5.74) is -2.09. The van der Waals surface area contributed by atoms with Crippen LogP contribution in [0.5, 0.6) is 11.5 Å². The van der Waals surface area contributed by atoms with Gasteiger partial charge in [-0.15, -0.1) is 0 Å². The molecule has 0 unspecified atom stereocenters. The van der Waals surface area contributed by atoms with Gasteiger partial charge in [-0.3, -0.25) is 20.2 Å². The normalized spacial score (nSPS) is 11.0. The van der Waals surface area contributed by atoms with Gasteiger partial charge in [0, 0.05) is 0 Å². The van der Waals surface area contributed by atoms with E-state index in [1.807, 2.05) is 0 Å². The Morgan fingerprint density at radius 3 is 1.87 bits per heavy atom. The second kappa shape index (κ2) is 5.88. The number of hydrogen-bond acceptors (Lipinski definition) is 8. The Morgan fingerprint density at radius 2 is 1.43 bits per heavy atom. The first-order chi connectivity index (χ1) is 10.7. The minimum atomic E-state index is -4.34. The fraction of sp³-hybridized carbons (Fsp3) is 0. The number of nitro benzene ring substituents is 2. The van der Waals surface area contributed by atoms with Crippen molar-refractivity contribution in [1.29, 1.82) is 0 Å². The number of aromatic hydroxyl groups is 1. The standard InChI is InChI=1S/C12H8N2O8S/c15-12-10(13(16)17)6-8(7-11(12)14(18)19)22-23(20,21)9-4-2-1-3-5-9/h1-7,15H. The first-order valence-electron chi connectivity index (χ1n) is 5.87. The molecular formula is C12H8N2O8S. The minimum absolute atomic E-state index is 0.238. The molecule has 0 fully saturated rings. The van der Waals surface area contributed by atoms with Gasteiger partial charge in [-0.2, -0.15) is 8.42 Å². The van der Waals surface area contributed by atoms with Crippen LogP contribution in [-0.2, 0) is 10.1 Å². The van der Waals surface area contributed by atoms with Crippen LogP contribution in [-0.4, -0.2) is 23.4 Å². The van der Waals surface area contributed by atoms with E-state index >= 15 is 0 Å². The van der Waals surface area contributed by atoms with Gasteiger partial charge < -0.3 is 9.29 Å². The molecule has 0 spiro atoms. The molecule has 0 heterocycles. The van der Waals surface area contributed by atoms with Crippen molar-refractivity contribution in [2.45, 2.75) is 4.90 Å². The Bertz CT molecular complexity index is 844. The maximum Gasteiger partial charge on any atom is 0.339 e. The summed E-state index contributed by atoms with van der Waals surface area (Å²) in [6.45, 7) is 0. The molecule has 2 rings (SSSR count). The summed E-state index contributed by atoms with van der Waals surface area (Å²) in [7, 11) is -4.34. The van der Waals surface area contributed by atoms with Crippen LogP contribution in [0.4, 0.5) is 11.4 Å². The van der Waals surface area contributed by atoms with E-state index in [0.717, 1.165) is 0 Å². The lowest BCUT2D eigenvalue weighted by atomic mass is 10.2. The van der Waals surface area contributed by atoms with Gasteiger partial charge in [0.1, 0.15) is 4.90 Å². The lowest BCUT2D eigenvalue weighted by molar-refractivity contribution is -0.396. The monoisotopic (exact) mass is 340 g/mol. The van der Waals surface area contributed by atoms with E-state index in [1.54, 1.807) is 6.07 Å². The molecule has 0 aliphatic heterocycles. The number of rotatable bonds is 5. The maximum absolute atomic E-state index is 12.0. The predicted octanol–water partition coefficient (Wildman–Crippen LogP) is 1.98. The molecule has 0 saturated heterocycles. The summed E-state index contributed by atoms with van der Waals surface area (Å²) in [4.78, 5) is 19.2. The van der Waals surface area contributed by atoms with Gasteiger partial charge in [0.15, 0.2) is 5.75 Å². The van der Waals surface area contributed by atoms with Crippen molar-refractivity contribution in [2.75, 3.05) is 0 Å². The quantitative estimate of drug-likeness (QED) is 0.493. The third kappa shape index (κ3) is 3.35. The molecule has 0 atom stereocenters. The Labute approximate surface area is 129 Å². The fourth-order valence-electron chi connectivity index (χ4n) is 1.67. The summed E-state index contributed by atoms with van der Waals surface area (Å²) in [6.07, 6.45) is 0. The van der Waals surface area contributed by atoms with E-state index in [2.05, 4.69) is 4.18 Å². The zero-order valence-electron chi connectivity index (χ0n) is 11.1. The van der Waals surface area contributed by atoms with Crippen LogP contribution in [0.15, 0.2) is 47.4 Å². The van der Waals surface area contributed by atoms with Gasteiger partial charge >= 0.3 is 21.5 Å². The number of benzene rings is 2. The van der Waals surface area contributed by atoms with Crippen molar-refractivity contribution in [3.8, 4) is 11.5 Å². The highest BCUT2D eigenvalue weighted by Gasteiger charge is 2.29. The molecule has 0 saturated carbocycles. The average Bonchev–Trinajstić information content (AvgIpc) is 2.49. The first kappa shape index (κ1) is 16.2. The van der Waals surface area contributed by atoms with E-state index in [9.17, 15) is 33.8 Å². The maximum atomic E-state index is 12.0. The number of nitrogens with zero attached hydrogens (tertiary/aromatic N) is 2. The zero-order chi connectivity index (χ0) is 17.2. The molecule has 10 nitrogen and oxygen atoms in total. The number of hydrogen-bond donors (Lipinski definition) is 1. The van der Waals surface area contributed by atoms with E-state index in [0.29, 0.717) is 12.1 Å². The van der Waals surface area contributed by atoms with E-state index < -0.39 is 42.8 Å². The highest BCUT2D eigenvalue weighted by atomic mass is 32.2. The van der Waals surface area contributed by atoms with Crippen molar-refractivity contribution in [3.63, 3.8) is 0 Å². The molecule has 0 aliphatic rings. The van der Waals surface area contributed by atoms with E-state index in [4.69, 9.17) is 0 Å². The predicted molar refractivity (Wildman–Crippen MR) is 75.7 cm³/mol. The smallest absolute Gasteiger partial charge is 0.339 e. The Kier molecular flexibility index (Phi) is 4.14. The average molecular weight is 340 g/mol. The molecule has 1 N–H and O–H groups in total. The lowest BCUT2D eigenvalue weighted by Gasteiger charge is -2.07. The SMILES string of the molecule is O=[N+]([O-])c1cc(OS(=O)(=O)c2ccccc2)cc([N+](=O)[O-])c1O. The number of nitro groups is 2. The number of phenols is 1. The van der Waals surface area contributed by atoms with Crippen molar-refractivity contribution >= 4 is 21.5 Å². The van der Waals surface area contributed by atoms with Crippen LogP contribution in [0.2, 0.25) is 0 Å². The number of phenolic OH excluding ortho intramolecular Hbond substituents is 1. The first-order valence-corrected chi connectivity index (χ1v) is 7.28. The molecule has 23 heavy (non-hydrogen) atoms. The van der Waals surface area contributed by atoms with Crippen molar-refractivity contribution in [3.05, 3.63) is 62.7 Å². The molecule has 2 aromatic rings. The topological polar surface area (TPSA) is 150 Å². The molecule has 0 aliphatic carbocycles. The Morgan fingerprint density at radius 1 is 0.957 bits per heavy atom. The molecular weight excluding hydrogens is 332 g/mol. The summed E-state index contributed by atoms with van der Waals surface area (Å²) in [5, 5.41) is 31.1. The van der Waals surface area contributed by atoms with Crippen LogP contribution < -0.4 is 4.18 Å².